The van der Waals surface area contributed by atoms with Crippen LogP contribution in [-0.2, 0) is 4.74 Å². The van der Waals surface area contributed by atoms with Gasteiger partial charge in [-0.15, -0.1) is 0 Å². The van der Waals surface area contributed by atoms with Crippen LogP contribution in [-0.4, -0.2) is 69.6 Å². The molecule has 2 fully saturated rings. The molecule has 6 N–H and O–H groups in total. The van der Waals surface area contributed by atoms with Crippen molar-refractivity contribution in [2.24, 2.45) is 0 Å². The number of aliphatic hydroxyl groups is 2. The van der Waals surface area contributed by atoms with E-state index in [0.717, 1.165) is 18.2 Å². The summed E-state index contributed by atoms with van der Waals surface area (Å²) in [6.07, 6.45) is -1.95. The predicted molar refractivity (Wildman–Crippen MR) is 128 cm³/mol. The van der Waals surface area contributed by atoms with Crippen LogP contribution in [0.2, 0.25) is 0 Å². The minimum absolute atomic E-state index is 0.0211. The molecule has 35 heavy (non-hydrogen) atoms. The zero-order valence-corrected chi connectivity index (χ0v) is 20.1. The molecule has 2 aromatic rings. The highest BCUT2D eigenvalue weighted by molar-refractivity contribution is 7.99. The molecule has 0 radical (unpaired) electrons. The summed E-state index contributed by atoms with van der Waals surface area (Å²) in [5.74, 6) is -0.409. The van der Waals surface area contributed by atoms with Crippen molar-refractivity contribution in [2.45, 2.75) is 67.7 Å². The Balaban J connectivity index is 1.51. The third-order valence-corrected chi connectivity index (χ3v) is 7.19. The SMILES string of the molecule is CCCSc1nc(NC2CC2c2ccc(F)c(F)c2)c(N)c(NC2CC(O)C(OCCO)C2F)n1. The van der Waals surface area contributed by atoms with Gasteiger partial charge >= 0.3 is 0 Å². The maximum atomic E-state index is 15.0. The molecular weight excluding hydrogens is 483 g/mol. The van der Waals surface area contributed by atoms with Gasteiger partial charge in [0.1, 0.15) is 18.0 Å². The van der Waals surface area contributed by atoms with Gasteiger partial charge in [0.15, 0.2) is 28.4 Å². The maximum absolute atomic E-state index is 15.0. The Morgan fingerprint density at radius 2 is 1.86 bits per heavy atom. The molecule has 0 spiro atoms. The molecule has 6 unspecified atom stereocenters. The minimum Gasteiger partial charge on any atom is -0.394 e. The molecule has 192 valence electrons. The van der Waals surface area contributed by atoms with Gasteiger partial charge in [-0.1, -0.05) is 24.8 Å². The number of thioether (sulfide) groups is 1. The van der Waals surface area contributed by atoms with Gasteiger partial charge in [0.05, 0.1) is 25.4 Å². The molecule has 1 aromatic heterocycles. The molecule has 0 amide bonds. The average Bonchev–Trinajstić information content (AvgIpc) is 3.55. The third kappa shape index (κ3) is 5.93. The van der Waals surface area contributed by atoms with Crippen LogP contribution in [0.1, 0.15) is 37.7 Å². The number of aliphatic hydroxyl groups excluding tert-OH is 2. The first kappa shape index (κ1) is 25.8. The zero-order chi connectivity index (χ0) is 25.1. The van der Waals surface area contributed by atoms with Gasteiger partial charge in [0.25, 0.3) is 0 Å². The number of nitrogens with one attached hydrogen (secondary N) is 2. The quantitative estimate of drug-likeness (QED) is 0.228. The van der Waals surface area contributed by atoms with E-state index in [9.17, 15) is 18.3 Å². The minimum atomic E-state index is -1.53. The Bertz CT molecular complexity index is 1040. The standard InChI is InChI=1S/C23H30F3N5O3S/c1-2-7-35-23-30-21(28-15-9-12(15)11-3-4-13(24)14(25)8-11)19(27)22(31-23)29-16-10-17(33)20(18(16)26)34-6-5-32/h3-4,8,12,15-18,20,32-33H,2,5-7,9-10,27H2,1H3,(H2,28,29,30,31). The van der Waals surface area contributed by atoms with Crippen molar-refractivity contribution >= 4 is 29.1 Å². The van der Waals surface area contributed by atoms with Gasteiger partial charge in [-0.2, -0.15) is 0 Å². The number of benzene rings is 1. The van der Waals surface area contributed by atoms with Crippen LogP contribution in [0.3, 0.4) is 0 Å². The third-order valence-electron chi connectivity index (χ3n) is 6.14. The van der Waals surface area contributed by atoms with Crippen LogP contribution in [0.5, 0.6) is 0 Å². The topological polar surface area (TPSA) is 126 Å². The predicted octanol–water partition coefficient (Wildman–Crippen LogP) is 3.07. The highest BCUT2D eigenvalue weighted by Crippen LogP contribution is 2.44. The number of rotatable bonds is 11. The van der Waals surface area contributed by atoms with Crippen molar-refractivity contribution in [2.75, 3.05) is 35.3 Å². The highest BCUT2D eigenvalue weighted by Gasteiger charge is 2.45. The van der Waals surface area contributed by atoms with E-state index in [2.05, 4.69) is 20.6 Å². The largest absolute Gasteiger partial charge is 0.394 e. The average molecular weight is 514 g/mol. The number of nitrogens with zero attached hydrogens (tertiary/aromatic N) is 2. The Morgan fingerprint density at radius 3 is 2.51 bits per heavy atom. The van der Waals surface area contributed by atoms with Gasteiger partial charge in [0, 0.05) is 17.7 Å². The van der Waals surface area contributed by atoms with E-state index in [1.54, 1.807) is 6.07 Å². The molecule has 0 bridgehead atoms. The number of nitrogen functional groups attached to an aromatic ring is 1. The van der Waals surface area contributed by atoms with Crippen molar-refractivity contribution in [3.8, 4) is 0 Å². The Morgan fingerprint density at radius 1 is 1.14 bits per heavy atom. The van der Waals surface area contributed by atoms with E-state index >= 15 is 0 Å². The lowest BCUT2D eigenvalue weighted by Gasteiger charge is -2.21. The molecule has 2 aliphatic rings. The number of ether oxygens (including phenoxy) is 1. The van der Waals surface area contributed by atoms with Gasteiger partial charge in [0.2, 0.25) is 0 Å². The Labute approximate surface area is 205 Å². The summed E-state index contributed by atoms with van der Waals surface area (Å²) in [6, 6.07) is 3.00. The maximum Gasteiger partial charge on any atom is 0.191 e. The summed E-state index contributed by atoms with van der Waals surface area (Å²) in [4.78, 5) is 8.98. The van der Waals surface area contributed by atoms with Crippen molar-refractivity contribution in [3.63, 3.8) is 0 Å². The van der Waals surface area contributed by atoms with Crippen LogP contribution in [0.15, 0.2) is 23.4 Å². The van der Waals surface area contributed by atoms with Gasteiger partial charge in [-0.05, 0) is 37.0 Å². The van der Waals surface area contributed by atoms with Crippen molar-refractivity contribution in [3.05, 3.63) is 35.4 Å². The molecular formula is C23H30F3N5O3S. The number of nitrogens with two attached hydrogens (primary N) is 1. The van der Waals surface area contributed by atoms with E-state index < -0.39 is 36.1 Å². The second-order valence-electron chi connectivity index (χ2n) is 8.79. The fraction of sp³-hybridized carbons (Fsp3) is 0.565. The van der Waals surface area contributed by atoms with Crippen molar-refractivity contribution in [1.82, 2.24) is 9.97 Å². The van der Waals surface area contributed by atoms with E-state index in [1.165, 1.54) is 17.8 Å². The van der Waals surface area contributed by atoms with Crippen LogP contribution in [0, 0.1) is 11.6 Å². The number of alkyl halides is 1. The molecule has 4 rings (SSSR count). The molecule has 1 heterocycles. The number of aromatic nitrogens is 2. The van der Waals surface area contributed by atoms with E-state index in [4.69, 9.17) is 15.6 Å². The molecule has 0 aliphatic heterocycles. The summed E-state index contributed by atoms with van der Waals surface area (Å²) >= 11 is 1.43. The lowest BCUT2D eigenvalue weighted by atomic mass is 10.1. The van der Waals surface area contributed by atoms with Crippen LogP contribution in [0.4, 0.5) is 30.5 Å². The van der Waals surface area contributed by atoms with Crippen LogP contribution >= 0.6 is 11.8 Å². The van der Waals surface area contributed by atoms with Gasteiger partial charge in [-0.25, -0.2) is 23.1 Å². The second-order valence-corrected chi connectivity index (χ2v) is 9.85. The molecule has 1 aromatic carbocycles. The number of halogens is 3. The lowest BCUT2D eigenvalue weighted by Crippen LogP contribution is -2.35. The molecule has 8 nitrogen and oxygen atoms in total. The Kier molecular flexibility index (Phi) is 8.25. The van der Waals surface area contributed by atoms with Gasteiger partial charge < -0.3 is 31.3 Å². The summed E-state index contributed by atoms with van der Waals surface area (Å²) in [7, 11) is 0. The Hall–Kier alpha value is -2.28. The first-order chi connectivity index (χ1) is 16.8. The van der Waals surface area contributed by atoms with Crippen molar-refractivity contribution in [1.29, 1.82) is 0 Å². The first-order valence-corrected chi connectivity index (χ1v) is 12.6. The molecule has 2 saturated carbocycles. The number of anilines is 3. The number of hydrogen-bond acceptors (Lipinski definition) is 9. The van der Waals surface area contributed by atoms with Crippen LogP contribution < -0.4 is 16.4 Å². The van der Waals surface area contributed by atoms with Crippen LogP contribution in [0.25, 0.3) is 0 Å². The molecule has 0 saturated heterocycles. The molecule has 12 heteroatoms. The molecule has 2 aliphatic carbocycles. The summed E-state index contributed by atoms with van der Waals surface area (Å²) < 4.78 is 47.2. The summed E-state index contributed by atoms with van der Waals surface area (Å²) in [5, 5.41) is 25.9. The fourth-order valence-electron chi connectivity index (χ4n) is 4.24. The highest BCUT2D eigenvalue weighted by atomic mass is 32.2. The van der Waals surface area contributed by atoms with Gasteiger partial charge in [-0.3, -0.25) is 0 Å². The zero-order valence-electron chi connectivity index (χ0n) is 19.3. The van der Waals surface area contributed by atoms with E-state index in [-0.39, 0.29) is 43.1 Å². The first-order valence-electron chi connectivity index (χ1n) is 11.6. The summed E-state index contributed by atoms with van der Waals surface area (Å²) in [6.45, 7) is 1.68. The van der Waals surface area contributed by atoms with E-state index in [1.807, 2.05) is 6.92 Å². The molecule has 6 atom stereocenters. The second kappa shape index (κ2) is 11.2. The smallest absolute Gasteiger partial charge is 0.191 e. The summed E-state index contributed by atoms with van der Waals surface area (Å²) in [5.41, 5.74) is 7.22. The number of hydrogen-bond donors (Lipinski definition) is 5. The van der Waals surface area contributed by atoms with Crippen molar-refractivity contribution < 1.29 is 28.1 Å². The monoisotopic (exact) mass is 513 g/mol. The van der Waals surface area contributed by atoms with E-state index in [0.29, 0.717) is 23.0 Å². The lowest BCUT2D eigenvalue weighted by molar-refractivity contribution is -0.0566. The fourth-order valence-corrected chi connectivity index (χ4v) is 4.94. The normalized spacial score (nSPS) is 27.7.